The van der Waals surface area contributed by atoms with Gasteiger partial charge in [-0.05, 0) is 54.6 Å². The summed E-state index contributed by atoms with van der Waals surface area (Å²) in [5, 5.41) is 19.3. The molecule has 2 aromatic carbocycles. The first kappa shape index (κ1) is 18.9. The van der Waals surface area contributed by atoms with Gasteiger partial charge in [0.15, 0.2) is 16.7 Å². The first-order valence-electron chi connectivity index (χ1n) is 8.72. The molecule has 0 aromatic heterocycles. The predicted octanol–water partition coefficient (Wildman–Crippen LogP) is 3.44. The number of fused-ring (bicyclic) bond motifs is 1. The molecule has 1 fully saturated rings. The molecule has 0 bridgehead atoms. The van der Waals surface area contributed by atoms with Gasteiger partial charge in [-0.2, -0.15) is 0 Å². The average molecular weight is 412 g/mol. The van der Waals surface area contributed by atoms with Crippen molar-refractivity contribution in [3.05, 3.63) is 52.4 Å². The van der Waals surface area contributed by atoms with Crippen LogP contribution in [0, 0.1) is 0 Å². The molecule has 2 aliphatic rings. The number of nitrogens with zero attached hydrogens (tertiary/aromatic N) is 2. The summed E-state index contributed by atoms with van der Waals surface area (Å²) in [7, 11) is 0. The minimum absolute atomic E-state index is 0.178. The van der Waals surface area contributed by atoms with E-state index >= 15 is 0 Å². The lowest BCUT2D eigenvalue weighted by atomic mass is 10.2. The maximum atomic E-state index is 12.8. The van der Waals surface area contributed by atoms with Crippen molar-refractivity contribution in [2.45, 2.75) is 6.92 Å². The number of carbonyl (C=O) groups is 2. The Hall–Kier alpha value is -3.46. The third-order valence-corrected chi connectivity index (χ3v) is 5.34. The Morgan fingerprint density at radius 1 is 1.24 bits per heavy atom. The van der Waals surface area contributed by atoms with Gasteiger partial charge in [0.1, 0.15) is 11.3 Å². The van der Waals surface area contributed by atoms with Crippen LogP contribution in [0.3, 0.4) is 0 Å². The number of hydrogen-bond acceptors (Lipinski definition) is 7. The molecule has 29 heavy (non-hydrogen) atoms. The average Bonchev–Trinajstić information content (AvgIpc) is 3.26. The quantitative estimate of drug-likeness (QED) is 0.741. The summed E-state index contributed by atoms with van der Waals surface area (Å²) >= 11 is 1.21. The van der Waals surface area contributed by atoms with E-state index in [9.17, 15) is 14.7 Å². The van der Waals surface area contributed by atoms with E-state index in [1.165, 1.54) is 34.9 Å². The van der Waals surface area contributed by atoms with Gasteiger partial charge in [-0.25, -0.2) is 9.79 Å². The second kappa shape index (κ2) is 7.51. The Morgan fingerprint density at radius 2 is 2.03 bits per heavy atom. The largest absolute Gasteiger partial charge is 0.507 e. The van der Waals surface area contributed by atoms with Crippen molar-refractivity contribution < 1.29 is 29.3 Å². The summed E-state index contributed by atoms with van der Waals surface area (Å²) < 4.78 is 10.7. The third kappa shape index (κ3) is 3.64. The van der Waals surface area contributed by atoms with Crippen LogP contribution >= 0.6 is 11.8 Å². The first-order valence-corrected chi connectivity index (χ1v) is 9.54. The van der Waals surface area contributed by atoms with Gasteiger partial charge in [-0.3, -0.25) is 9.69 Å². The van der Waals surface area contributed by atoms with Crippen LogP contribution in [0.1, 0.15) is 22.8 Å². The summed E-state index contributed by atoms with van der Waals surface area (Å²) in [5.74, 6) is -0.492. The van der Waals surface area contributed by atoms with E-state index < -0.39 is 5.97 Å². The second-order valence-corrected chi connectivity index (χ2v) is 7.18. The van der Waals surface area contributed by atoms with Gasteiger partial charge in [0, 0.05) is 12.6 Å². The standard InChI is InChI=1S/C20H16N2O6S/c1-2-22-18(24)17(8-11-3-6-15-16(7-11)28-10-27-15)29-20(22)21-12-4-5-13(19(25)26)14(23)9-12/h3-9,23H,2,10H2,1H3,(H,25,26)/b17-8-,21-20?. The zero-order chi connectivity index (χ0) is 20.5. The number of carboxylic acids is 1. The molecule has 2 aliphatic heterocycles. The van der Waals surface area contributed by atoms with Crippen LogP contribution in [0.25, 0.3) is 6.08 Å². The molecular weight excluding hydrogens is 396 g/mol. The molecule has 9 heteroatoms. The lowest BCUT2D eigenvalue weighted by Crippen LogP contribution is -2.28. The van der Waals surface area contributed by atoms with E-state index in [2.05, 4.69) is 4.99 Å². The second-order valence-electron chi connectivity index (χ2n) is 6.17. The lowest BCUT2D eigenvalue weighted by Gasteiger charge is -2.12. The molecular formula is C20H16N2O6S. The fourth-order valence-electron chi connectivity index (χ4n) is 2.91. The van der Waals surface area contributed by atoms with Gasteiger partial charge in [0.05, 0.1) is 10.6 Å². The Bertz CT molecular complexity index is 1080. The number of hydrogen-bond donors (Lipinski definition) is 2. The van der Waals surface area contributed by atoms with E-state index in [4.69, 9.17) is 14.6 Å². The number of aromatic carboxylic acids is 1. The highest BCUT2D eigenvalue weighted by atomic mass is 32.2. The molecule has 2 heterocycles. The van der Waals surface area contributed by atoms with Crippen molar-refractivity contribution in [1.29, 1.82) is 0 Å². The molecule has 0 radical (unpaired) electrons. The highest BCUT2D eigenvalue weighted by Gasteiger charge is 2.32. The van der Waals surface area contributed by atoms with Gasteiger partial charge in [-0.1, -0.05) is 6.07 Å². The van der Waals surface area contributed by atoms with E-state index in [0.29, 0.717) is 33.8 Å². The van der Waals surface area contributed by atoms with Crippen molar-refractivity contribution in [3.63, 3.8) is 0 Å². The number of thioether (sulfide) groups is 1. The van der Waals surface area contributed by atoms with Crippen molar-refractivity contribution in [2.24, 2.45) is 4.99 Å². The number of amidine groups is 1. The van der Waals surface area contributed by atoms with Crippen LogP contribution in [-0.4, -0.2) is 45.5 Å². The molecule has 2 N–H and O–H groups in total. The molecule has 0 unspecified atom stereocenters. The molecule has 0 spiro atoms. The number of amides is 1. The highest BCUT2D eigenvalue weighted by molar-refractivity contribution is 8.18. The number of ether oxygens (including phenoxy) is 2. The SMILES string of the molecule is CCN1C(=O)/C(=C/c2ccc3c(c2)OCO3)SC1=Nc1ccc(C(=O)O)c(O)c1. The molecule has 1 amide bonds. The number of aliphatic imine (C=N–C) groups is 1. The van der Waals surface area contributed by atoms with E-state index in [1.54, 1.807) is 18.2 Å². The minimum atomic E-state index is -1.23. The molecule has 2 aromatic rings. The minimum Gasteiger partial charge on any atom is -0.507 e. The van der Waals surface area contributed by atoms with E-state index in [0.717, 1.165) is 5.56 Å². The summed E-state index contributed by atoms with van der Waals surface area (Å²) in [5.41, 5.74) is 0.941. The smallest absolute Gasteiger partial charge is 0.339 e. The van der Waals surface area contributed by atoms with Gasteiger partial charge in [0.2, 0.25) is 6.79 Å². The zero-order valence-corrected chi connectivity index (χ0v) is 16.1. The van der Waals surface area contributed by atoms with Crippen LogP contribution in [0.4, 0.5) is 5.69 Å². The van der Waals surface area contributed by atoms with Crippen LogP contribution in [0.15, 0.2) is 46.3 Å². The lowest BCUT2D eigenvalue weighted by molar-refractivity contribution is -0.122. The summed E-state index contributed by atoms with van der Waals surface area (Å²) in [4.78, 5) is 30.2. The van der Waals surface area contributed by atoms with Crippen LogP contribution < -0.4 is 9.47 Å². The van der Waals surface area contributed by atoms with Gasteiger partial charge in [-0.15, -0.1) is 0 Å². The molecule has 0 saturated carbocycles. The number of rotatable bonds is 4. The van der Waals surface area contributed by atoms with Gasteiger partial charge >= 0.3 is 5.97 Å². The molecule has 0 aliphatic carbocycles. The third-order valence-electron chi connectivity index (χ3n) is 4.34. The Balaban J connectivity index is 1.64. The zero-order valence-electron chi connectivity index (χ0n) is 15.3. The van der Waals surface area contributed by atoms with Crippen LogP contribution in [-0.2, 0) is 4.79 Å². The predicted molar refractivity (Wildman–Crippen MR) is 108 cm³/mol. The normalized spacial score (nSPS) is 18.1. The van der Waals surface area contributed by atoms with Crippen molar-refractivity contribution in [1.82, 2.24) is 4.90 Å². The summed E-state index contributed by atoms with van der Waals surface area (Å²) in [6.45, 7) is 2.43. The number of likely N-dealkylation sites (N-methyl/N-ethyl adjacent to an activating group) is 1. The Kier molecular flexibility index (Phi) is 4.89. The Labute approximate surface area is 170 Å². The maximum absolute atomic E-state index is 12.8. The summed E-state index contributed by atoms with van der Waals surface area (Å²) in [6, 6.07) is 9.44. The number of phenols is 1. The molecule has 8 nitrogen and oxygen atoms in total. The maximum Gasteiger partial charge on any atom is 0.339 e. The molecule has 0 atom stereocenters. The number of carboxylic acid groups (broad SMARTS) is 1. The van der Waals surface area contributed by atoms with Gasteiger partial charge in [0.25, 0.3) is 5.91 Å². The number of benzene rings is 2. The van der Waals surface area contributed by atoms with Crippen LogP contribution in [0.2, 0.25) is 0 Å². The molecule has 1 saturated heterocycles. The van der Waals surface area contributed by atoms with E-state index in [1.807, 2.05) is 13.0 Å². The van der Waals surface area contributed by atoms with E-state index in [-0.39, 0.29) is 24.0 Å². The van der Waals surface area contributed by atoms with Crippen LogP contribution in [0.5, 0.6) is 17.2 Å². The topological polar surface area (TPSA) is 109 Å². The number of aromatic hydroxyl groups is 1. The first-order chi connectivity index (χ1) is 14.0. The highest BCUT2D eigenvalue weighted by Crippen LogP contribution is 2.37. The van der Waals surface area contributed by atoms with Crippen molar-refractivity contribution in [3.8, 4) is 17.2 Å². The molecule has 4 rings (SSSR count). The fraction of sp³-hybridized carbons (Fsp3) is 0.150. The Morgan fingerprint density at radius 3 is 2.76 bits per heavy atom. The van der Waals surface area contributed by atoms with Gasteiger partial charge < -0.3 is 19.7 Å². The van der Waals surface area contributed by atoms with Crippen molar-refractivity contribution >= 4 is 40.6 Å². The monoisotopic (exact) mass is 412 g/mol. The number of carbonyl (C=O) groups excluding carboxylic acids is 1. The fourth-order valence-corrected chi connectivity index (χ4v) is 3.97. The summed E-state index contributed by atoms with van der Waals surface area (Å²) in [6.07, 6.45) is 1.76. The van der Waals surface area contributed by atoms with Crippen molar-refractivity contribution in [2.75, 3.05) is 13.3 Å². The molecule has 148 valence electrons.